The first-order valence-electron chi connectivity index (χ1n) is 6.66. The highest BCUT2D eigenvalue weighted by molar-refractivity contribution is 7.80. The van der Waals surface area contributed by atoms with Crippen molar-refractivity contribution < 1.29 is 0 Å². The Hall–Kier alpha value is -2.01. The summed E-state index contributed by atoms with van der Waals surface area (Å²) in [4.78, 5) is 11.3. The molecule has 1 aliphatic heterocycles. The van der Waals surface area contributed by atoms with Crippen LogP contribution >= 0.6 is 12.2 Å². The van der Waals surface area contributed by atoms with Gasteiger partial charge in [0.05, 0.1) is 12.4 Å². The Labute approximate surface area is 123 Å². The second kappa shape index (κ2) is 5.17. The molecule has 0 spiro atoms. The normalized spacial score (nSPS) is 17.6. The highest BCUT2D eigenvalue weighted by Gasteiger charge is 2.25. The van der Waals surface area contributed by atoms with Crippen LogP contribution in [0.5, 0.6) is 0 Å². The van der Waals surface area contributed by atoms with Gasteiger partial charge in [0.15, 0.2) is 5.82 Å². The summed E-state index contributed by atoms with van der Waals surface area (Å²) in [6, 6.07) is 8.84. The summed E-state index contributed by atoms with van der Waals surface area (Å²) >= 11 is 4.91. The van der Waals surface area contributed by atoms with Crippen molar-refractivity contribution in [2.45, 2.75) is 25.8 Å². The molecular formula is C15H16N4S. The summed E-state index contributed by atoms with van der Waals surface area (Å²) in [5, 5.41) is 0. The molecule has 0 fully saturated rings. The van der Waals surface area contributed by atoms with E-state index in [0.717, 1.165) is 18.7 Å². The van der Waals surface area contributed by atoms with E-state index in [9.17, 15) is 0 Å². The second-order valence-electron chi connectivity index (χ2n) is 5.01. The van der Waals surface area contributed by atoms with Crippen molar-refractivity contribution in [3.05, 3.63) is 47.9 Å². The molecule has 5 heteroatoms. The lowest BCUT2D eigenvalue weighted by Crippen LogP contribution is -2.34. The lowest BCUT2D eigenvalue weighted by atomic mass is 9.97. The smallest absolute Gasteiger partial charge is 0.151 e. The number of para-hydroxylation sites is 1. The van der Waals surface area contributed by atoms with Crippen molar-refractivity contribution in [2.75, 3.05) is 4.90 Å². The number of nitrogens with two attached hydrogens (primary N) is 1. The van der Waals surface area contributed by atoms with Crippen LogP contribution < -0.4 is 10.6 Å². The van der Waals surface area contributed by atoms with Gasteiger partial charge >= 0.3 is 0 Å². The summed E-state index contributed by atoms with van der Waals surface area (Å²) in [6.07, 6.45) is 5.59. The van der Waals surface area contributed by atoms with Gasteiger partial charge in [0.1, 0.15) is 10.7 Å². The van der Waals surface area contributed by atoms with E-state index in [1.807, 2.05) is 0 Å². The van der Waals surface area contributed by atoms with Gasteiger partial charge in [-0.2, -0.15) is 0 Å². The van der Waals surface area contributed by atoms with Gasteiger partial charge in [-0.3, -0.25) is 0 Å². The van der Waals surface area contributed by atoms with Crippen molar-refractivity contribution in [2.24, 2.45) is 5.73 Å². The van der Waals surface area contributed by atoms with Gasteiger partial charge in [0, 0.05) is 11.7 Å². The first-order chi connectivity index (χ1) is 9.66. The molecule has 1 aromatic heterocycles. The standard InChI is InChI=1S/C15H16N4S/c1-10-6-7-11-4-2-3-5-13(11)19(10)14-9-17-12(8-18-14)15(16)20/h2-5,8-10H,6-7H2,1H3,(H2,16,20). The molecule has 0 amide bonds. The van der Waals surface area contributed by atoms with Crippen molar-refractivity contribution in [3.63, 3.8) is 0 Å². The van der Waals surface area contributed by atoms with Gasteiger partial charge in [-0.1, -0.05) is 30.4 Å². The van der Waals surface area contributed by atoms with Gasteiger partial charge in [0.2, 0.25) is 0 Å². The Balaban J connectivity index is 2.02. The summed E-state index contributed by atoms with van der Waals surface area (Å²) < 4.78 is 0. The van der Waals surface area contributed by atoms with Crippen molar-refractivity contribution in [1.82, 2.24) is 9.97 Å². The molecule has 102 valence electrons. The van der Waals surface area contributed by atoms with Crippen LogP contribution in [-0.2, 0) is 6.42 Å². The molecule has 0 radical (unpaired) electrons. The minimum Gasteiger partial charge on any atom is -0.388 e. The molecule has 0 saturated carbocycles. The lowest BCUT2D eigenvalue weighted by molar-refractivity contribution is 0.612. The average molecular weight is 284 g/mol. The van der Waals surface area contributed by atoms with E-state index in [1.165, 1.54) is 11.3 Å². The molecule has 1 atom stereocenters. The van der Waals surface area contributed by atoms with Crippen LogP contribution in [0.1, 0.15) is 24.6 Å². The van der Waals surface area contributed by atoms with Crippen LogP contribution in [0.4, 0.5) is 11.5 Å². The molecule has 0 bridgehead atoms. The Morgan fingerprint density at radius 3 is 2.80 bits per heavy atom. The average Bonchev–Trinajstić information content (AvgIpc) is 2.47. The molecule has 20 heavy (non-hydrogen) atoms. The van der Waals surface area contributed by atoms with Gasteiger partial charge in [-0.25, -0.2) is 9.97 Å². The third kappa shape index (κ3) is 2.25. The van der Waals surface area contributed by atoms with Crippen molar-refractivity contribution >= 4 is 28.7 Å². The molecular weight excluding hydrogens is 268 g/mol. The monoisotopic (exact) mass is 284 g/mol. The number of fused-ring (bicyclic) bond motifs is 1. The predicted octanol–water partition coefficient (Wildman–Crippen LogP) is 2.58. The van der Waals surface area contributed by atoms with Crippen LogP contribution in [-0.4, -0.2) is 21.0 Å². The molecule has 2 heterocycles. The zero-order chi connectivity index (χ0) is 14.1. The SMILES string of the molecule is CC1CCc2ccccc2N1c1cnc(C(N)=S)cn1. The number of thiocarbonyl (C=S) groups is 1. The maximum Gasteiger partial charge on any atom is 0.151 e. The van der Waals surface area contributed by atoms with Crippen molar-refractivity contribution in [1.29, 1.82) is 0 Å². The summed E-state index contributed by atoms with van der Waals surface area (Å²) in [5.41, 5.74) is 8.68. The first kappa shape index (κ1) is 13.0. The molecule has 0 aliphatic carbocycles. The third-order valence-electron chi connectivity index (χ3n) is 3.66. The Morgan fingerprint density at radius 2 is 2.10 bits per heavy atom. The number of rotatable bonds is 2. The number of aromatic nitrogens is 2. The molecule has 1 aromatic carbocycles. The lowest BCUT2D eigenvalue weighted by Gasteiger charge is -2.36. The zero-order valence-corrected chi connectivity index (χ0v) is 12.1. The van der Waals surface area contributed by atoms with Crippen LogP contribution in [0.2, 0.25) is 0 Å². The molecule has 1 unspecified atom stereocenters. The summed E-state index contributed by atoms with van der Waals surface area (Å²) in [6.45, 7) is 2.21. The molecule has 4 nitrogen and oxygen atoms in total. The minimum absolute atomic E-state index is 0.274. The number of nitrogens with zero attached hydrogens (tertiary/aromatic N) is 3. The largest absolute Gasteiger partial charge is 0.388 e. The number of benzene rings is 1. The van der Waals surface area contributed by atoms with Gasteiger partial charge in [-0.15, -0.1) is 0 Å². The van der Waals surface area contributed by atoms with Crippen LogP contribution in [0, 0.1) is 0 Å². The number of aryl methyl sites for hydroxylation is 1. The fourth-order valence-corrected chi connectivity index (χ4v) is 2.72. The van der Waals surface area contributed by atoms with E-state index in [4.69, 9.17) is 18.0 Å². The van der Waals surface area contributed by atoms with Gasteiger partial charge in [0.25, 0.3) is 0 Å². The minimum atomic E-state index is 0.274. The van der Waals surface area contributed by atoms with E-state index < -0.39 is 0 Å². The van der Waals surface area contributed by atoms with Crippen molar-refractivity contribution in [3.8, 4) is 0 Å². The molecule has 0 saturated heterocycles. The Morgan fingerprint density at radius 1 is 1.30 bits per heavy atom. The number of hydrogen-bond donors (Lipinski definition) is 1. The first-order valence-corrected chi connectivity index (χ1v) is 7.06. The fourth-order valence-electron chi connectivity index (χ4n) is 2.61. The highest BCUT2D eigenvalue weighted by Crippen LogP contribution is 2.35. The fraction of sp³-hybridized carbons (Fsp3) is 0.267. The highest BCUT2D eigenvalue weighted by atomic mass is 32.1. The summed E-state index contributed by atoms with van der Waals surface area (Å²) in [5.74, 6) is 0.838. The van der Waals surface area contributed by atoms with E-state index in [1.54, 1.807) is 12.4 Å². The Bertz CT molecular complexity index is 639. The zero-order valence-electron chi connectivity index (χ0n) is 11.3. The molecule has 2 aromatic rings. The maximum absolute atomic E-state index is 5.56. The van der Waals surface area contributed by atoms with E-state index in [-0.39, 0.29) is 4.99 Å². The number of anilines is 2. The molecule has 1 aliphatic rings. The third-order valence-corrected chi connectivity index (χ3v) is 3.87. The topological polar surface area (TPSA) is 55.0 Å². The summed E-state index contributed by atoms with van der Waals surface area (Å²) in [7, 11) is 0. The van der Waals surface area contributed by atoms with E-state index in [0.29, 0.717) is 11.7 Å². The number of hydrogen-bond acceptors (Lipinski definition) is 4. The predicted molar refractivity (Wildman–Crippen MR) is 84.3 cm³/mol. The van der Waals surface area contributed by atoms with Gasteiger partial charge in [-0.05, 0) is 31.4 Å². The van der Waals surface area contributed by atoms with Crippen LogP contribution in [0.3, 0.4) is 0 Å². The van der Waals surface area contributed by atoms with Gasteiger partial charge < -0.3 is 10.6 Å². The van der Waals surface area contributed by atoms with E-state index >= 15 is 0 Å². The molecule has 3 rings (SSSR count). The van der Waals surface area contributed by atoms with Crippen LogP contribution in [0.15, 0.2) is 36.7 Å². The Kier molecular flexibility index (Phi) is 3.36. The molecule has 2 N–H and O–H groups in total. The van der Waals surface area contributed by atoms with E-state index in [2.05, 4.69) is 46.1 Å². The maximum atomic E-state index is 5.56. The van der Waals surface area contributed by atoms with Crippen LogP contribution in [0.25, 0.3) is 0 Å². The second-order valence-corrected chi connectivity index (χ2v) is 5.45. The quantitative estimate of drug-likeness (QED) is 0.859.